The van der Waals surface area contributed by atoms with Crippen LogP contribution < -0.4 is 0 Å². The highest BCUT2D eigenvalue weighted by Gasteiger charge is 2.41. The molecule has 1 saturated heterocycles. The van der Waals surface area contributed by atoms with Crippen molar-refractivity contribution in [2.45, 2.75) is 42.9 Å². The number of nitrogens with zero attached hydrogens (tertiary/aromatic N) is 2. The van der Waals surface area contributed by atoms with Crippen molar-refractivity contribution in [1.29, 1.82) is 0 Å². The quantitative estimate of drug-likeness (QED) is 0.227. The van der Waals surface area contributed by atoms with Gasteiger partial charge in [-0.1, -0.05) is 52.9 Å². The number of likely N-dealkylation sites (tertiary alicyclic amines) is 1. The summed E-state index contributed by atoms with van der Waals surface area (Å²) in [5.41, 5.74) is 0.889. The van der Waals surface area contributed by atoms with E-state index < -0.39 is 28.1 Å². The molecule has 8 nitrogen and oxygen atoms in total. The van der Waals surface area contributed by atoms with E-state index in [-0.39, 0.29) is 12.5 Å². The zero-order chi connectivity index (χ0) is 22.1. The van der Waals surface area contributed by atoms with Crippen LogP contribution in [0.2, 0.25) is 0 Å². The molecule has 0 saturated carbocycles. The first-order valence-corrected chi connectivity index (χ1v) is 11.2. The van der Waals surface area contributed by atoms with Gasteiger partial charge in [-0.15, -0.1) is 0 Å². The van der Waals surface area contributed by atoms with Gasteiger partial charge in [0, 0.05) is 26.8 Å². The molecule has 30 heavy (non-hydrogen) atoms. The maximum Gasteiger partial charge on any atom is 0.410 e. The number of ether oxygens (including phenoxy) is 2. The Morgan fingerprint density at radius 2 is 2.00 bits per heavy atom. The summed E-state index contributed by atoms with van der Waals surface area (Å²) in [5.74, 6) is -1.78. The number of alkyl halides is 1. The predicted octanol–water partition coefficient (Wildman–Crippen LogP) is 3.13. The van der Waals surface area contributed by atoms with Crippen molar-refractivity contribution in [3.8, 4) is 0 Å². The number of benzene rings is 1. The number of piperidine rings is 1. The highest BCUT2D eigenvalue weighted by atomic mass is 127. The van der Waals surface area contributed by atoms with E-state index in [2.05, 4.69) is 22.6 Å². The standard InChI is InChI=1S/C21H29IN2O6/c1-15(20(26)27)23(12-7-13-29-2)19(25)17-10-6-11-24(18(17)22)21(28)30-14-16-8-4-3-5-9-16/h3-5,8-9,15,17-18H,6-7,10-14H2,1-2H3,(H,26,27). The molecule has 2 rings (SSSR count). The summed E-state index contributed by atoms with van der Waals surface area (Å²) in [6, 6.07) is 8.45. The molecule has 0 spiro atoms. The van der Waals surface area contributed by atoms with Crippen LogP contribution in [0.25, 0.3) is 0 Å². The molecular weight excluding hydrogens is 503 g/mol. The maximum atomic E-state index is 13.2. The molecule has 1 aromatic carbocycles. The fourth-order valence-electron chi connectivity index (χ4n) is 3.42. The molecule has 0 aliphatic carbocycles. The van der Waals surface area contributed by atoms with Gasteiger partial charge < -0.3 is 19.5 Å². The van der Waals surface area contributed by atoms with Crippen molar-refractivity contribution in [1.82, 2.24) is 9.80 Å². The highest BCUT2D eigenvalue weighted by Crippen LogP contribution is 2.31. The molecule has 166 valence electrons. The normalized spacial score (nSPS) is 19.8. The molecule has 3 atom stereocenters. The van der Waals surface area contributed by atoms with Gasteiger partial charge in [-0.2, -0.15) is 0 Å². The number of aliphatic carboxylic acids is 1. The summed E-state index contributed by atoms with van der Waals surface area (Å²) >= 11 is 2.09. The van der Waals surface area contributed by atoms with Crippen molar-refractivity contribution in [2.24, 2.45) is 5.92 Å². The lowest BCUT2D eigenvalue weighted by Crippen LogP contribution is -2.54. The molecule has 1 fully saturated rings. The Morgan fingerprint density at radius 3 is 2.63 bits per heavy atom. The molecule has 1 aliphatic rings. The number of hydrogen-bond donors (Lipinski definition) is 1. The third kappa shape index (κ3) is 6.56. The summed E-state index contributed by atoms with van der Waals surface area (Å²) in [6.07, 6.45) is 1.33. The minimum absolute atomic E-state index is 0.164. The SMILES string of the molecule is COCCCN(C(=O)C1CCCN(C(=O)OCc2ccccc2)C1I)C(C)C(=O)O. The number of rotatable bonds is 9. The van der Waals surface area contributed by atoms with Gasteiger partial charge in [0.25, 0.3) is 0 Å². The van der Waals surface area contributed by atoms with Gasteiger partial charge in [-0.05, 0) is 31.7 Å². The number of hydrogen-bond acceptors (Lipinski definition) is 5. The molecule has 1 heterocycles. The number of carboxylic acids is 1. The first-order valence-electron chi connectivity index (χ1n) is 10.0. The molecule has 0 aromatic heterocycles. The Hall–Kier alpha value is -1.88. The van der Waals surface area contributed by atoms with Crippen LogP contribution in [-0.2, 0) is 25.7 Å². The lowest BCUT2D eigenvalue weighted by atomic mass is 9.96. The van der Waals surface area contributed by atoms with Crippen LogP contribution in [-0.4, -0.2) is 69.8 Å². The van der Waals surface area contributed by atoms with E-state index in [0.717, 1.165) is 5.56 Å². The average molecular weight is 532 g/mol. The predicted molar refractivity (Wildman–Crippen MR) is 119 cm³/mol. The second-order valence-corrected chi connectivity index (χ2v) is 8.52. The van der Waals surface area contributed by atoms with Crippen LogP contribution in [0.1, 0.15) is 31.7 Å². The average Bonchev–Trinajstić information content (AvgIpc) is 2.75. The molecule has 9 heteroatoms. The minimum atomic E-state index is -1.05. The van der Waals surface area contributed by atoms with Gasteiger partial charge in [-0.3, -0.25) is 9.69 Å². The van der Waals surface area contributed by atoms with E-state index in [1.165, 1.54) is 11.8 Å². The van der Waals surface area contributed by atoms with Crippen molar-refractivity contribution in [3.05, 3.63) is 35.9 Å². The summed E-state index contributed by atoms with van der Waals surface area (Å²) in [6.45, 7) is 2.90. The van der Waals surface area contributed by atoms with Gasteiger partial charge in [0.15, 0.2) is 0 Å². The first kappa shape index (κ1) is 24.4. The lowest BCUT2D eigenvalue weighted by molar-refractivity contribution is -0.152. The van der Waals surface area contributed by atoms with E-state index in [1.54, 1.807) is 12.0 Å². The van der Waals surface area contributed by atoms with Gasteiger partial charge in [0.05, 0.1) is 9.97 Å². The van der Waals surface area contributed by atoms with Crippen LogP contribution in [0.4, 0.5) is 4.79 Å². The van der Waals surface area contributed by atoms with Gasteiger partial charge in [0.1, 0.15) is 12.6 Å². The first-order chi connectivity index (χ1) is 14.4. The van der Waals surface area contributed by atoms with Gasteiger partial charge >= 0.3 is 12.1 Å². The summed E-state index contributed by atoms with van der Waals surface area (Å²) in [4.78, 5) is 40.3. The second-order valence-electron chi connectivity index (χ2n) is 7.25. The molecule has 2 amide bonds. The third-order valence-corrected chi connectivity index (χ3v) is 6.70. The van der Waals surface area contributed by atoms with Crippen LogP contribution in [0.3, 0.4) is 0 Å². The fourth-order valence-corrected chi connectivity index (χ4v) is 4.59. The molecule has 1 N–H and O–H groups in total. The maximum absolute atomic E-state index is 13.2. The monoisotopic (exact) mass is 532 g/mol. The number of halogens is 1. The number of carbonyl (C=O) groups is 3. The summed E-state index contributed by atoms with van der Waals surface area (Å²) in [7, 11) is 1.56. The van der Waals surface area contributed by atoms with Crippen LogP contribution in [0.5, 0.6) is 0 Å². The van der Waals surface area contributed by atoms with Crippen molar-refractivity contribution in [3.63, 3.8) is 0 Å². The van der Waals surface area contributed by atoms with E-state index >= 15 is 0 Å². The van der Waals surface area contributed by atoms with E-state index in [4.69, 9.17) is 9.47 Å². The second kappa shape index (κ2) is 12.1. The Balaban J connectivity index is 2.05. The molecule has 0 radical (unpaired) electrons. The highest BCUT2D eigenvalue weighted by molar-refractivity contribution is 14.1. The summed E-state index contributed by atoms with van der Waals surface area (Å²) in [5, 5.41) is 9.43. The zero-order valence-corrected chi connectivity index (χ0v) is 19.5. The van der Waals surface area contributed by atoms with Gasteiger partial charge in [0.2, 0.25) is 5.91 Å². The Kier molecular flexibility index (Phi) is 9.83. The van der Waals surface area contributed by atoms with Gasteiger partial charge in [-0.25, -0.2) is 9.59 Å². The lowest BCUT2D eigenvalue weighted by Gasteiger charge is -2.39. The van der Waals surface area contributed by atoms with Crippen LogP contribution in [0.15, 0.2) is 30.3 Å². The Morgan fingerprint density at radius 1 is 1.30 bits per heavy atom. The molecule has 0 bridgehead atoms. The number of methoxy groups -OCH3 is 1. The van der Waals surface area contributed by atoms with E-state index in [1.807, 2.05) is 30.3 Å². The smallest absolute Gasteiger partial charge is 0.410 e. The van der Waals surface area contributed by atoms with E-state index in [0.29, 0.717) is 39.0 Å². The largest absolute Gasteiger partial charge is 0.480 e. The third-order valence-electron chi connectivity index (χ3n) is 5.16. The fraction of sp³-hybridized carbons (Fsp3) is 0.571. The Labute approximate surface area is 190 Å². The van der Waals surface area contributed by atoms with E-state index in [9.17, 15) is 19.5 Å². The van der Waals surface area contributed by atoms with Crippen LogP contribution in [0, 0.1) is 5.92 Å². The minimum Gasteiger partial charge on any atom is -0.480 e. The molecule has 1 aromatic rings. The number of amides is 2. The van der Waals surface area contributed by atoms with Crippen molar-refractivity contribution >= 4 is 40.6 Å². The van der Waals surface area contributed by atoms with Crippen LogP contribution >= 0.6 is 22.6 Å². The topological polar surface area (TPSA) is 96.4 Å². The van der Waals surface area contributed by atoms with Crippen molar-refractivity contribution in [2.75, 3.05) is 26.8 Å². The summed E-state index contributed by atoms with van der Waals surface area (Å²) < 4.78 is 10.1. The zero-order valence-electron chi connectivity index (χ0n) is 17.3. The molecule has 3 unspecified atom stereocenters. The van der Waals surface area contributed by atoms with Crippen molar-refractivity contribution < 1.29 is 29.0 Å². The Bertz CT molecular complexity index is 717. The number of carboxylic acid groups (broad SMARTS) is 1. The number of carbonyl (C=O) groups excluding carboxylic acids is 2. The molecular formula is C21H29IN2O6. The molecule has 1 aliphatic heterocycles.